The minimum atomic E-state index is -1.000. The van der Waals surface area contributed by atoms with Crippen molar-refractivity contribution in [3.63, 3.8) is 0 Å². The first-order chi connectivity index (χ1) is 8.90. The normalized spacial score (nSPS) is 13.5. The van der Waals surface area contributed by atoms with Gasteiger partial charge in [-0.05, 0) is 49.5 Å². The minimum Gasteiger partial charge on any atom is -0.316 e. The molecule has 3 heteroatoms. The maximum atomic E-state index is 3.60. The van der Waals surface area contributed by atoms with E-state index < -0.39 is 8.07 Å². The standard InChI is InChI=1S/C16H28BrNSi/c1-5-9-18-12-15(13-19(2,3)4)10-14-7-6-8-16(17)11-14/h6-8,11,15,18H,5,9-10,12-13H2,1-4H3. The number of benzene rings is 1. The molecule has 0 amide bonds. The maximum Gasteiger partial charge on any atom is 0.0446 e. The molecule has 0 aliphatic rings. The lowest BCUT2D eigenvalue weighted by Crippen LogP contribution is -2.32. The summed E-state index contributed by atoms with van der Waals surface area (Å²) in [6.45, 7) is 11.9. The molecule has 0 saturated heterocycles. The van der Waals surface area contributed by atoms with Gasteiger partial charge in [-0.1, -0.05) is 60.7 Å². The predicted molar refractivity (Wildman–Crippen MR) is 92.6 cm³/mol. The fourth-order valence-electron chi connectivity index (χ4n) is 2.56. The second kappa shape index (κ2) is 8.23. The van der Waals surface area contributed by atoms with Gasteiger partial charge in [0.25, 0.3) is 0 Å². The number of rotatable bonds is 8. The van der Waals surface area contributed by atoms with E-state index >= 15 is 0 Å². The molecular formula is C16H28BrNSi. The van der Waals surface area contributed by atoms with Crippen LogP contribution in [0.1, 0.15) is 18.9 Å². The molecule has 0 heterocycles. The summed E-state index contributed by atoms with van der Waals surface area (Å²) in [7, 11) is -1.000. The highest BCUT2D eigenvalue weighted by molar-refractivity contribution is 9.10. The Labute approximate surface area is 128 Å². The molecule has 0 radical (unpaired) electrons. The summed E-state index contributed by atoms with van der Waals surface area (Å²) >= 11 is 3.57. The van der Waals surface area contributed by atoms with Crippen LogP contribution in [-0.2, 0) is 6.42 Å². The highest BCUT2D eigenvalue weighted by atomic mass is 79.9. The van der Waals surface area contributed by atoms with E-state index in [1.54, 1.807) is 0 Å². The Kier molecular flexibility index (Phi) is 7.33. The zero-order chi connectivity index (χ0) is 14.3. The van der Waals surface area contributed by atoms with Gasteiger partial charge in [-0.2, -0.15) is 0 Å². The van der Waals surface area contributed by atoms with Gasteiger partial charge in [0.15, 0.2) is 0 Å². The van der Waals surface area contributed by atoms with Crippen LogP contribution in [0, 0.1) is 5.92 Å². The van der Waals surface area contributed by atoms with Crippen molar-refractivity contribution in [1.29, 1.82) is 0 Å². The molecule has 0 spiro atoms. The second-order valence-corrected chi connectivity index (χ2v) is 13.1. The average Bonchev–Trinajstić information content (AvgIpc) is 2.27. The van der Waals surface area contributed by atoms with Crippen LogP contribution < -0.4 is 5.32 Å². The van der Waals surface area contributed by atoms with Crippen molar-refractivity contribution in [2.45, 2.75) is 45.5 Å². The topological polar surface area (TPSA) is 12.0 Å². The van der Waals surface area contributed by atoms with Crippen LogP contribution in [0.2, 0.25) is 25.7 Å². The summed E-state index contributed by atoms with van der Waals surface area (Å²) in [5.41, 5.74) is 1.45. The van der Waals surface area contributed by atoms with Crippen LogP contribution >= 0.6 is 15.9 Å². The lowest BCUT2D eigenvalue weighted by Gasteiger charge is -2.25. The van der Waals surface area contributed by atoms with E-state index in [0.717, 1.165) is 19.0 Å². The quantitative estimate of drug-likeness (QED) is 0.521. The summed E-state index contributed by atoms with van der Waals surface area (Å²) in [5, 5.41) is 3.60. The van der Waals surface area contributed by atoms with Gasteiger partial charge in [0.05, 0.1) is 0 Å². The molecule has 0 saturated carbocycles. The Bertz CT molecular complexity index is 373. The smallest absolute Gasteiger partial charge is 0.0446 e. The monoisotopic (exact) mass is 341 g/mol. The van der Waals surface area contributed by atoms with Crippen molar-refractivity contribution >= 4 is 24.0 Å². The van der Waals surface area contributed by atoms with E-state index in [2.05, 4.69) is 72.1 Å². The lowest BCUT2D eigenvalue weighted by atomic mass is 10.0. The summed E-state index contributed by atoms with van der Waals surface area (Å²) in [6, 6.07) is 10.2. The largest absolute Gasteiger partial charge is 0.316 e. The number of hydrogen-bond acceptors (Lipinski definition) is 1. The van der Waals surface area contributed by atoms with Crippen molar-refractivity contribution < 1.29 is 0 Å². The summed E-state index contributed by atoms with van der Waals surface area (Å²) in [4.78, 5) is 0. The fourth-order valence-corrected chi connectivity index (χ4v) is 5.03. The van der Waals surface area contributed by atoms with Crippen molar-refractivity contribution in [3.8, 4) is 0 Å². The number of nitrogens with one attached hydrogen (secondary N) is 1. The van der Waals surface area contributed by atoms with E-state index in [1.165, 1.54) is 28.9 Å². The highest BCUT2D eigenvalue weighted by Gasteiger charge is 2.20. The third kappa shape index (κ3) is 7.90. The summed E-state index contributed by atoms with van der Waals surface area (Å²) in [5.74, 6) is 0.771. The molecule has 1 aromatic rings. The third-order valence-electron chi connectivity index (χ3n) is 3.17. The van der Waals surface area contributed by atoms with E-state index in [4.69, 9.17) is 0 Å². The molecule has 1 unspecified atom stereocenters. The Morgan fingerprint density at radius 2 is 2.00 bits per heavy atom. The van der Waals surface area contributed by atoms with Crippen LogP contribution in [0.15, 0.2) is 28.7 Å². The molecule has 1 nitrogen and oxygen atoms in total. The van der Waals surface area contributed by atoms with Crippen LogP contribution in [0.3, 0.4) is 0 Å². The van der Waals surface area contributed by atoms with Crippen LogP contribution in [0.5, 0.6) is 0 Å². The number of hydrogen-bond donors (Lipinski definition) is 1. The fraction of sp³-hybridized carbons (Fsp3) is 0.625. The van der Waals surface area contributed by atoms with Gasteiger partial charge in [-0.25, -0.2) is 0 Å². The van der Waals surface area contributed by atoms with Crippen LogP contribution in [0.4, 0.5) is 0 Å². The summed E-state index contributed by atoms with van der Waals surface area (Å²) < 4.78 is 1.19. The first-order valence-corrected chi connectivity index (χ1v) is 11.9. The Hall–Kier alpha value is -0.123. The molecule has 19 heavy (non-hydrogen) atoms. The Morgan fingerprint density at radius 3 is 2.58 bits per heavy atom. The van der Waals surface area contributed by atoms with E-state index in [9.17, 15) is 0 Å². The molecule has 0 fully saturated rings. The molecule has 1 N–H and O–H groups in total. The van der Waals surface area contributed by atoms with E-state index in [-0.39, 0.29) is 0 Å². The minimum absolute atomic E-state index is 0.771. The summed E-state index contributed by atoms with van der Waals surface area (Å²) in [6.07, 6.45) is 2.41. The second-order valence-electron chi connectivity index (χ2n) is 6.67. The maximum absolute atomic E-state index is 3.60. The molecule has 1 aromatic carbocycles. The molecule has 0 bridgehead atoms. The van der Waals surface area contributed by atoms with Gasteiger partial charge in [-0.15, -0.1) is 0 Å². The van der Waals surface area contributed by atoms with Crippen LogP contribution in [-0.4, -0.2) is 21.2 Å². The van der Waals surface area contributed by atoms with Gasteiger partial charge in [0.2, 0.25) is 0 Å². The van der Waals surface area contributed by atoms with Crippen molar-refractivity contribution in [2.75, 3.05) is 13.1 Å². The van der Waals surface area contributed by atoms with Gasteiger partial charge in [0, 0.05) is 12.5 Å². The molecule has 108 valence electrons. The Morgan fingerprint density at radius 1 is 1.26 bits per heavy atom. The first-order valence-electron chi connectivity index (χ1n) is 7.36. The number of halogens is 1. The zero-order valence-electron chi connectivity index (χ0n) is 12.8. The highest BCUT2D eigenvalue weighted by Crippen LogP contribution is 2.22. The average molecular weight is 342 g/mol. The molecular weight excluding hydrogens is 314 g/mol. The molecule has 0 aromatic heterocycles. The lowest BCUT2D eigenvalue weighted by molar-refractivity contribution is 0.505. The zero-order valence-corrected chi connectivity index (χ0v) is 15.4. The van der Waals surface area contributed by atoms with Gasteiger partial charge in [-0.3, -0.25) is 0 Å². The van der Waals surface area contributed by atoms with Crippen molar-refractivity contribution in [2.24, 2.45) is 5.92 Å². The molecule has 0 aliphatic carbocycles. The Balaban J connectivity index is 2.62. The molecule has 1 rings (SSSR count). The SMILES string of the molecule is CCCNCC(Cc1cccc(Br)c1)C[Si](C)(C)C. The van der Waals surface area contributed by atoms with Crippen LogP contribution in [0.25, 0.3) is 0 Å². The van der Waals surface area contributed by atoms with Gasteiger partial charge >= 0.3 is 0 Å². The molecule has 1 atom stereocenters. The van der Waals surface area contributed by atoms with Crippen molar-refractivity contribution in [1.82, 2.24) is 5.32 Å². The predicted octanol–water partition coefficient (Wildman–Crippen LogP) is 4.95. The first kappa shape index (κ1) is 16.9. The van der Waals surface area contributed by atoms with Gasteiger partial charge < -0.3 is 5.32 Å². The molecule has 0 aliphatic heterocycles. The van der Waals surface area contributed by atoms with E-state index in [0.29, 0.717) is 0 Å². The van der Waals surface area contributed by atoms with Crippen molar-refractivity contribution in [3.05, 3.63) is 34.3 Å². The third-order valence-corrected chi connectivity index (χ3v) is 5.47. The van der Waals surface area contributed by atoms with Gasteiger partial charge in [0.1, 0.15) is 0 Å². The van der Waals surface area contributed by atoms with E-state index in [1.807, 2.05) is 0 Å².